The lowest BCUT2D eigenvalue weighted by molar-refractivity contribution is -0.143. The molecule has 0 atom stereocenters. The Morgan fingerprint density at radius 1 is 1.26 bits per heavy atom. The van der Waals surface area contributed by atoms with Crippen molar-refractivity contribution in [3.63, 3.8) is 0 Å². The van der Waals surface area contributed by atoms with Crippen LogP contribution in [-0.2, 0) is 11.3 Å². The zero-order valence-electron chi connectivity index (χ0n) is 13.6. The van der Waals surface area contributed by atoms with Gasteiger partial charge in [-0.1, -0.05) is 13.8 Å². The zero-order chi connectivity index (χ0) is 17.0. The minimum absolute atomic E-state index is 0.129. The number of aromatic amines is 1. The Bertz CT molecular complexity index is 724. The zero-order valence-corrected chi connectivity index (χ0v) is 13.6. The summed E-state index contributed by atoms with van der Waals surface area (Å²) < 4.78 is 1.64. The summed E-state index contributed by atoms with van der Waals surface area (Å²) in [5, 5.41) is 18.6. The summed E-state index contributed by atoms with van der Waals surface area (Å²) in [5.74, 6) is -0.530. The molecule has 1 fully saturated rings. The molecule has 0 spiro atoms. The lowest BCUT2D eigenvalue weighted by Gasteiger charge is -2.26. The van der Waals surface area contributed by atoms with Gasteiger partial charge in [-0.05, 0) is 43.7 Å². The number of fused-ring (bicyclic) bond motifs is 1. The van der Waals surface area contributed by atoms with Gasteiger partial charge in [-0.2, -0.15) is 0 Å². The van der Waals surface area contributed by atoms with Crippen LogP contribution in [0, 0.1) is 11.8 Å². The molecule has 3 rings (SSSR count). The highest BCUT2D eigenvalue weighted by Crippen LogP contribution is 2.30. The first-order valence-corrected chi connectivity index (χ1v) is 8.19. The Kier molecular flexibility index (Phi) is 5.47. The van der Waals surface area contributed by atoms with Gasteiger partial charge in [-0.3, -0.25) is 9.36 Å². The second-order valence-electron chi connectivity index (χ2n) is 5.80. The molecule has 2 aromatic rings. The molecular weight excluding hydrogens is 296 g/mol. The van der Waals surface area contributed by atoms with Gasteiger partial charge < -0.3 is 15.2 Å². The number of nitrogens with zero attached hydrogens (tertiary/aromatic N) is 1. The summed E-state index contributed by atoms with van der Waals surface area (Å²) >= 11 is 0. The van der Waals surface area contributed by atoms with Crippen molar-refractivity contribution in [1.82, 2.24) is 9.55 Å². The second-order valence-corrected chi connectivity index (χ2v) is 5.80. The predicted molar refractivity (Wildman–Crippen MR) is 88.7 cm³/mol. The number of aromatic nitrogens is 2. The van der Waals surface area contributed by atoms with Gasteiger partial charge in [-0.15, -0.1) is 0 Å². The fraction of sp³-hybridized carbons (Fsp3) is 0.529. The molecule has 3 N–H and O–H groups in total. The number of phenols is 1. The summed E-state index contributed by atoms with van der Waals surface area (Å²) in [4.78, 5) is 25.8. The van der Waals surface area contributed by atoms with Crippen molar-refractivity contribution >= 4 is 17.0 Å². The Balaban J connectivity index is 0.000000924. The summed E-state index contributed by atoms with van der Waals surface area (Å²) in [6, 6.07) is 4.81. The molecule has 23 heavy (non-hydrogen) atoms. The average molecular weight is 320 g/mol. The third-order valence-electron chi connectivity index (χ3n) is 4.40. The summed E-state index contributed by atoms with van der Waals surface area (Å²) in [5.41, 5.74) is 1.22. The number of phenolic OH excluding ortho intramolecular Hbond substituents is 1. The Hall–Kier alpha value is -2.24. The molecule has 1 aliphatic carbocycles. The van der Waals surface area contributed by atoms with E-state index in [1.807, 2.05) is 13.8 Å². The van der Waals surface area contributed by atoms with Gasteiger partial charge in [0.05, 0.1) is 17.0 Å². The smallest absolute Gasteiger partial charge is 0.326 e. The van der Waals surface area contributed by atoms with E-state index in [1.165, 1.54) is 0 Å². The quantitative estimate of drug-likeness (QED) is 0.810. The van der Waals surface area contributed by atoms with Gasteiger partial charge in [0, 0.05) is 12.6 Å². The van der Waals surface area contributed by atoms with E-state index in [-0.39, 0.29) is 17.4 Å². The van der Waals surface area contributed by atoms with E-state index in [2.05, 4.69) is 4.98 Å². The van der Waals surface area contributed by atoms with E-state index in [1.54, 1.807) is 22.8 Å². The average Bonchev–Trinajstić information content (AvgIpc) is 2.85. The topological polar surface area (TPSA) is 95.3 Å². The number of aromatic hydroxyl groups is 1. The first-order chi connectivity index (χ1) is 11.0. The molecule has 126 valence electrons. The molecule has 0 aliphatic heterocycles. The number of carboxylic acid groups (broad SMARTS) is 1. The van der Waals surface area contributed by atoms with Crippen molar-refractivity contribution in [3.05, 3.63) is 28.7 Å². The van der Waals surface area contributed by atoms with E-state index < -0.39 is 5.97 Å². The van der Waals surface area contributed by atoms with Crippen LogP contribution in [0.1, 0.15) is 39.5 Å². The molecule has 1 aromatic carbocycles. The monoisotopic (exact) mass is 320 g/mol. The number of benzene rings is 1. The van der Waals surface area contributed by atoms with Crippen molar-refractivity contribution in [1.29, 1.82) is 0 Å². The lowest BCUT2D eigenvalue weighted by atomic mass is 9.82. The molecule has 1 aliphatic rings. The van der Waals surface area contributed by atoms with Gasteiger partial charge in [0.25, 0.3) is 0 Å². The molecule has 0 unspecified atom stereocenters. The van der Waals surface area contributed by atoms with Crippen LogP contribution in [-0.4, -0.2) is 25.7 Å². The van der Waals surface area contributed by atoms with Gasteiger partial charge in [0.15, 0.2) is 0 Å². The lowest BCUT2D eigenvalue weighted by Crippen LogP contribution is -2.27. The molecule has 6 nitrogen and oxygen atoms in total. The molecule has 0 bridgehead atoms. The van der Waals surface area contributed by atoms with Crippen molar-refractivity contribution in [2.24, 2.45) is 11.8 Å². The van der Waals surface area contributed by atoms with E-state index in [0.29, 0.717) is 36.3 Å². The number of aliphatic carboxylic acids is 1. The fourth-order valence-electron chi connectivity index (χ4n) is 3.17. The maximum atomic E-state index is 12.0. The molecule has 6 heteroatoms. The third kappa shape index (κ3) is 3.75. The first-order valence-electron chi connectivity index (χ1n) is 8.19. The molecule has 1 saturated carbocycles. The number of imidazole rings is 1. The van der Waals surface area contributed by atoms with Crippen LogP contribution in [0.4, 0.5) is 0 Å². The number of nitrogens with one attached hydrogen (secondary N) is 1. The van der Waals surface area contributed by atoms with Crippen molar-refractivity contribution in [2.45, 2.75) is 46.1 Å². The maximum absolute atomic E-state index is 12.0. The van der Waals surface area contributed by atoms with Crippen LogP contribution < -0.4 is 5.69 Å². The van der Waals surface area contributed by atoms with E-state index in [0.717, 1.165) is 12.8 Å². The molecule has 0 radical (unpaired) electrons. The minimum atomic E-state index is -0.720. The highest BCUT2D eigenvalue weighted by molar-refractivity contribution is 5.76. The van der Waals surface area contributed by atoms with Crippen molar-refractivity contribution in [3.8, 4) is 5.75 Å². The molecule has 0 amide bonds. The SMILES string of the molecule is CC.O=C(O)C1CCC(Cn2c(=O)[nH]c3ccc(O)cc32)CC1. The highest BCUT2D eigenvalue weighted by Gasteiger charge is 2.26. The summed E-state index contributed by atoms with van der Waals surface area (Å²) in [6.45, 7) is 4.56. The number of rotatable bonds is 3. The number of hydrogen-bond acceptors (Lipinski definition) is 3. The van der Waals surface area contributed by atoms with Crippen LogP contribution in [0.25, 0.3) is 11.0 Å². The van der Waals surface area contributed by atoms with E-state index >= 15 is 0 Å². The molecular formula is C17H24N2O4. The second kappa shape index (κ2) is 7.35. The summed E-state index contributed by atoms with van der Waals surface area (Å²) in [7, 11) is 0. The van der Waals surface area contributed by atoms with Crippen molar-refractivity contribution < 1.29 is 15.0 Å². The van der Waals surface area contributed by atoms with Gasteiger partial charge in [0.1, 0.15) is 5.75 Å². The van der Waals surface area contributed by atoms with Crippen molar-refractivity contribution in [2.75, 3.05) is 0 Å². The Morgan fingerprint density at radius 3 is 2.52 bits per heavy atom. The van der Waals surface area contributed by atoms with Crippen LogP contribution in [0.3, 0.4) is 0 Å². The number of H-pyrrole nitrogens is 1. The third-order valence-corrected chi connectivity index (χ3v) is 4.40. The standard InChI is InChI=1S/C15H18N2O4.C2H6/c18-11-5-6-12-13(7-11)17(15(21)16-12)8-9-1-3-10(4-2-9)14(19)20;1-2/h5-7,9-10,18H,1-4,8H2,(H,16,21)(H,19,20);1-2H3. The van der Waals surface area contributed by atoms with Crippen LogP contribution >= 0.6 is 0 Å². The Labute approximate surface area is 134 Å². The van der Waals surface area contributed by atoms with Gasteiger partial charge >= 0.3 is 11.7 Å². The number of carbonyl (C=O) groups is 1. The predicted octanol–water partition coefficient (Wildman–Crippen LogP) is 2.95. The fourth-order valence-corrected chi connectivity index (χ4v) is 3.17. The van der Waals surface area contributed by atoms with Crippen LogP contribution in [0.15, 0.2) is 23.0 Å². The number of hydrogen-bond donors (Lipinski definition) is 3. The first kappa shape index (κ1) is 17.1. The van der Waals surface area contributed by atoms with Crippen LogP contribution in [0.2, 0.25) is 0 Å². The van der Waals surface area contributed by atoms with E-state index in [9.17, 15) is 14.7 Å². The molecule has 1 aromatic heterocycles. The maximum Gasteiger partial charge on any atom is 0.326 e. The summed E-state index contributed by atoms with van der Waals surface area (Å²) in [6.07, 6.45) is 2.97. The van der Waals surface area contributed by atoms with E-state index in [4.69, 9.17) is 5.11 Å². The highest BCUT2D eigenvalue weighted by atomic mass is 16.4. The largest absolute Gasteiger partial charge is 0.508 e. The normalized spacial score (nSPS) is 20.8. The van der Waals surface area contributed by atoms with Crippen LogP contribution in [0.5, 0.6) is 5.75 Å². The molecule has 0 saturated heterocycles. The Morgan fingerprint density at radius 2 is 1.91 bits per heavy atom. The van der Waals surface area contributed by atoms with Gasteiger partial charge in [-0.25, -0.2) is 4.79 Å². The number of carboxylic acids is 1. The molecule has 1 heterocycles. The van der Waals surface area contributed by atoms with Gasteiger partial charge in [0.2, 0.25) is 0 Å². The minimum Gasteiger partial charge on any atom is -0.508 e.